The number of ether oxygens (including phenoxy) is 1. The molecule has 1 fully saturated rings. The standard InChI is InChI=1S/C23H27N3O2S/c1-23(2,3)28-22(27)26-13-11-25(12-14-26)17-9-10-20-19(15-17)21(16-24-20)29-18-7-5-4-6-8-18/h4-10,15-16,24H,11-14H2,1-3H3. The maximum atomic E-state index is 12.3. The molecule has 0 bridgehead atoms. The molecular formula is C23H27N3O2S. The number of nitrogens with one attached hydrogen (secondary N) is 1. The normalized spacial score (nSPS) is 15.0. The first-order chi connectivity index (χ1) is 13.9. The van der Waals surface area contributed by atoms with E-state index >= 15 is 0 Å². The van der Waals surface area contributed by atoms with E-state index in [1.807, 2.05) is 26.8 Å². The molecule has 2 aromatic carbocycles. The average Bonchev–Trinajstić information content (AvgIpc) is 3.10. The topological polar surface area (TPSA) is 48.6 Å². The Balaban J connectivity index is 1.46. The number of aromatic amines is 1. The molecule has 0 radical (unpaired) electrons. The Morgan fingerprint density at radius 2 is 1.76 bits per heavy atom. The second kappa shape index (κ2) is 8.03. The number of H-pyrrole nitrogens is 1. The van der Waals surface area contributed by atoms with Gasteiger partial charge in [-0.1, -0.05) is 30.0 Å². The molecule has 3 aromatic rings. The van der Waals surface area contributed by atoms with Gasteiger partial charge in [-0.05, 0) is 51.1 Å². The molecule has 1 aliphatic heterocycles. The van der Waals surface area contributed by atoms with E-state index < -0.39 is 5.60 Å². The lowest BCUT2D eigenvalue weighted by atomic mass is 10.2. The molecular weight excluding hydrogens is 382 g/mol. The summed E-state index contributed by atoms with van der Waals surface area (Å²) in [5.74, 6) is 0. The van der Waals surface area contributed by atoms with Crippen LogP contribution in [-0.4, -0.2) is 47.8 Å². The monoisotopic (exact) mass is 409 g/mol. The zero-order valence-corrected chi connectivity index (χ0v) is 18.0. The number of benzene rings is 2. The van der Waals surface area contributed by atoms with Crippen molar-refractivity contribution in [2.75, 3.05) is 31.1 Å². The first kappa shape index (κ1) is 19.7. The number of nitrogens with zero attached hydrogens (tertiary/aromatic N) is 2. The van der Waals surface area contributed by atoms with Crippen molar-refractivity contribution in [3.63, 3.8) is 0 Å². The van der Waals surface area contributed by atoms with Gasteiger partial charge in [0, 0.05) is 58.8 Å². The second-order valence-electron chi connectivity index (χ2n) is 8.25. The van der Waals surface area contributed by atoms with E-state index in [-0.39, 0.29) is 6.09 Å². The van der Waals surface area contributed by atoms with Crippen LogP contribution in [0.2, 0.25) is 0 Å². The molecule has 1 amide bonds. The van der Waals surface area contributed by atoms with Crippen molar-refractivity contribution >= 4 is 34.4 Å². The highest BCUT2D eigenvalue weighted by molar-refractivity contribution is 7.99. The van der Waals surface area contributed by atoms with Crippen LogP contribution < -0.4 is 4.90 Å². The number of rotatable bonds is 3. The summed E-state index contributed by atoms with van der Waals surface area (Å²) in [6.07, 6.45) is 1.85. The fourth-order valence-corrected chi connectivity index (χ4v) is 4.40. The van der Waals surface area contributed by atoms with E-state index in [1.54, 1.807) is 16.7 Å². The van der Waals surface area contributed by atoms with E-state index in [0.717, 1.165) is 18.6 Å². The lowest BCUT2D eigenvalue weighted by molar-refractivity contribution is 0.0240. The third kappa shape index (κ3) is 4.70. The van der Waals surface area contributed by atoms with Gasteiger partial charge in [0.25, 0.3) is 0 Å². The molecule has 1 saturated heterocycles. The Bertz CT molecular complexity index is 986. The predicted molar refractivity (Wildman–Crippen MR) is 119 cm³/mol. The van der Waals surface area contributed by atoms with Gasteiger partial charge in [-0.2, -0.15) is 0 Å². The zero-order valence-electron chi connectivity index (χ0n) is 17.1. The van der Waals surface area contributed by atoms with E-state index in [0.29, 0.717) is 13.1 Å². The summed E-state index contributed by atoms with van der Waals surface area (Å²) in [4.78, 5) is 22.3. The lowest BCUT2D eigenvalue weighted by Gasteiger charge is -2.36. The molecule has 4 rings (SSSR count). The van der Waals surface area contributed by atoms with E-state index in [4.69, 9.17) is 4.74 Å². The number of carbonyl (C=O) groups excluding carboxylic acids is 1. The molecule has 152 valence electrons. The first-order valence-electron chi connectivity index (χ1n) is 9.96. The Labute approximate surface area is 176 Å². The Hall–Kier alpha value is -2.60. The molecule has 0 spiro atoms. The minimum absolute atomic E-state index is 0.222. The minimum atomic E-state index is -0.458. The maximum Gasteiger partial charge on any atom is 0.410 e. The van der Waals surface area contributed by atoms with Gasteiger partial charge < -0.3 is 19.5 Å². The van der Waals surface area contributed by atoms with Gasteiger partial charge in [-0.3, -0.25) is 0 Å². The van der Waals surface area contributed by atoms with Gasteiger partial charge >= 0.3 is 6.09 Å². The van der Waals surface area contributed by atoms with Crippen LogP contribution in [0.25, 0.3) is 10.9 Å². The van der Waals surface area contributed by atoms with Gasteiger partial charge in [-0.25, -0.2) is 4.79 Å². The molecule has 0 aliphatic carbocycles. The highest BCUT2D eigenvalue weighted by atomic mass is 32.2. The number of amides is 1. The van der Waals surface area contributed by atoms with Crippen LogP contribution >= 0.6 is 11.8 Å². The van der Waals surface area contributed by atoms with E-state index in [1.165, 1.54) is 20.9 Å². The molecule has 0 atom stereocenters. The minimum Gasteiger partial charge on any atom is -0.444 e. The molecule has 0 saturated carbocycles. The number of anilines is 1. The second-order valence-corrected chi connectivity index (χ2v) is 9.37. The SMILES string of the molecule is CC(C)(C)OC(=O)N1CCN(c2ccc3[nH]cc(Sc4ccccc4)c3c2)CC1. The fraction of sp³-hybridized carbons (Fsp3) is 0.348. The van der Waals surface area contributed by atoms with Crippen molar-refractivity contribution in [1.29, 1.82) is 0 Å². The van der Waals surface area contributed by atoms with Gasteiger partial charge in [-0.15, -0.1) is 0 Å². The van der Waals surface area contributed by atoms with Crippen molar-refractivity contribution in [2.45, 2.75) is 36.2 Å². The summed E-state index contributed by atoms with van der Waals surface area (Å²) >= 11 is 1.77. The molecule has 1 aromatic heterocycles. The third-order valence-electron chi connectivity index (χ3n) is 4.89. The number of hydrogen-bond acceptors (Lipinski definition) is 4. The van der Waals surface area contributed by atoms with Crippen molar-refractivity contribution in [2.24, 2.45) is 0 Å². The van der Waals surface area contributed by atoms with Gasteiger partial charge in [0.05, 0.1) is 0 Å². The molecule has 5 nitrogen and oxygen atoms in total. The van der Waals surface area contributed by atoms with Crippen LogP contribution in [0.4, 0.5) is 10.5 Å². The molecule has 1 N–H and O–H groups in total. The van der Waals surface area contributed by atoms with Gasteiger partial charge in [0.15, 0.2) is 0 Å². The summed E-state index contributed by atoms with van der Waals surface area (Å²) in [5.41, 5.74) is 1.87. The summed E-state index contributed by atoms with van der Waals surface area (Å²) in [5, 5.41) is 1.23. The van der Waals surface area contributed by atoms with Gasteiger partial charge in [0.1, 0.15) is 5.60 Å². The van der Waals surface area contributed by atoms with Gasteiger partial charge in [0.2, 0.25) is 0 Å². The quantitative estimate of drug-likeness (QED) is 0.631. The van der Waals surface area contributed by atoms with E-state index in [2.05, 4.69) is 58.5 Å². The number of fused-ring (bicyclic) bond motifs is 1. The lowest BCUT2D eigenvalue weighted by Crippen LogP contribution is -2.50. The van der Waals surface area contributed by atoms with E-state index in [9.17, 15) is 4.79 Å². The fourth-order valence-electron chi connectivity index (χ4n) is 3.45. The molecule has 2 heterocycles. The van der Waals surface area contributed by atoms with Crippen LogP contribution in [0.5, 0.6) is 0 Å². The summed E-state index contributed by atoms with van der Waals surface area (Å²) in [6.45, 7) is 8.65. The summed E-state index contributed by atoms with van der Waals surface area (Å²) in [7, 11) is 0. The average molecular weight is 410 g/mol. The maximum absolute atomic E-state index is 12.3. The molecule has 1 aliphatic rings. The highest BCUT2D eigenvalue weighted by Crippen LogP contribution is 2.35. The predicted octanol–water partition coefficient (Wildman–Crippen LogP) is 5.38. The van der Waals surface area contributed by atoms with Crippen molar-refractivity contribution < 1.29 is 9.53 Å². The van der Waals surface area contributed by atoms with Crippen LogP contribution in [-0.2, 0) is 4.74 Å². The zero-order chi connectivity index (χ0) is 20.4. The molecule has 29 heavy (non-hydrogen) atoms. The third-order valence-corrected chi connectivity index (χ3v) is 5.96. The van der Waals surface area contributed by atoms with Crippen molar-refractivity contribution in [3.05, 3.63) is 54.7 Å². The smallest absolute Gasteiger partial charge is 0.410 e. The number of piperazine rings is 1. The Morgan fingerprint density at radius 3 is 2.45 bits per heavy atom. The highest BCUT2D eigenvalue weighted by Gasteiger charge is 2.26. The van der Waals surface area contributed by atoms with Crippen LogP contribution in [0.1, 0.15) is 20.8 Å². The largest absolute Gasteiger partial charge is 0.444 e. The summed E-state index contributed by atoms with van der Waals surface area (Å²) in [6, 6.07) is 17.0. The van der Waals surface area contributed by atoms with Crippen molar-refractivity contribution in [1.82, 2.24) is 9.88 Å². The first-order valence-corrected chi connectivity index (χ1v) is 10.8. The van der Waals surface area contributed by atoms with Crippen LogP contribution in [0, 0.1) is 0 Å². The molecule has 0 unspecified atom stereocenters. The van der Waals surface area contributed by atoms with Crippen molar-refractivity contribution in [3.8, 4) is 0 Å². The van der Waals surface area contributed by atoms with Crippen LogP contribution in [0.15, 0.2) is 64.5 Å². The number of aromatic nitrogens is 1. The molecule has 6 heteroatoms. The summed E-state index contributed by atoms with van der Waals surface area (Å²) < 4.78 is 5.50. The van der Waals surface area contributed by atoms with Crippen LogP contribution in [0.3, 0.4) is 0 Å². The number of carbonyl (C=O) groups is 1. The Kier molecular flexibility index (Phi) is 5.46. The number of hydrogen-bond donors (Lipinski definition) is 1. The Morgan fingerprint density at radius 1 is 1.03 bits per heavy atom.